The lowest BCUT2D eigenvalue weighted by atomic mass is 10.1. The van der Waals surface area contributed by atoms with Crippen molar-refractivity contribution in [2.24, 2.45) is 0 Å². The van der Waals surface area contributed by atoms with Crippen molar-refractivity contribution in [3.63, 3.8) is 0 Å². The molecular weight excluding hydrogens is 286 g/mol. The molecule has 1 fully saturated rings. The molecule has 0 bridgehead atoms. The highest BCUT2D eigenvalue weighted by Gasteiger charge is 2.20. The molecule has 4 heteroatoms. The molecule has 1 aliphatic rings. The Bertz CT molecular complexity index is 484. The third-order valence-corrected chi connectivity index (χ3v) is 4.87. The number of aromatic nitrogens is 1. The van der Waals surface area contributed by atoms with Gasteiger partial charge in [0.15, 0.2) is 0 Å². The minimum Gasteiger partial charge on any atom is -0.710 e. The minimum absolute atomic E-state index is 0.801. The van der Waals surface area contributed by atoms with E-state index in [9.17, 15) is 5.21 Å². The van der Waals surface area contributed by atoms with Gasteiger partial charge in [0, 0.05) is 24.8 Å². The molecule has 1 aromatic heterocycles. The highest BCUT2D eigenvalue weighted by Crippen LogP contribution is 2.24. The van der Waals surface area contributed by atoms with E-state index >= 15 is 0 Å². The predicted molar refractivity (Wildman–Crippen MR) is 98.2 cm³/mol. The summed E-state index contributed by atoms with van der Waals surface area (Å²) >= 11 is 0. The maximum absolute atomic E-state index is 12.5. The standard InChI is InChI=1S/C19H33N3O/c1-4-6-7-9-12-20(5-2)19-16-18(15-17(3)22(19)23)21-13-10-8-11-14-21/h15-16H,4-14H2,1-3H3. The summed E-state index contributed by atoms with van der Waals surface area (Å²) in [7, 11) is 0. The molecule has 0 radical (unpaired) electrons. The number of hydrogen-bond acceptors (Lipinski definition) is 3. The van der Waals surface area contributed by atoms with Crippen molar-refractivity contribution in [2.45, 2.75) is 65.7 Å². The van der Waals surface area contributed by atoms with Crippen LogP contribution in [0.2, 0.25) is 0 Å². The fourth-order valence-corrected chi connectivity index (χ4v) is 3.40. The number of piperidine rings is 1. The molecule has 2 heterocycles. The molecule has 2 rings (SSSR count). The fraction of sp³-hybridized carbons (Fsp3) is 0.737. The minimum atomic E-state index is 0.801. The molecule has 0 N–H and O–H groups in total. The molecular formula is C19H33N3O. The van der Waals surface area contributed by atoms with Gasteiger partial charge in [0.05, 0.1) is 19.2 Å². The van der Waals surface area contributed by atoms with E-state index in [-0.39, 0.29) is 0 Å². The number of rotatable bonds is 8. The SMILES string of the molecule is CCCCCCN(CC)c1cc(N2CCCCC2)cc(C)[n+]1[O-]. The molecule has 0 aromatic carbocycles. The summed E-state index contributed by atoms with van der Waals surface area (Å²) in [4.78, 5) is 4.67. The van der Waals surface area contributed by atoms with Crippen LogP contribution in [-0.4, -0.2) is 26.2 Å². The van der Waals surface area contributed by atoms with E-state index in [1.165, 1.54) is 44.2 Å². The van der Waals surface area contributed by atoms with E-state index < -0.39 is 0 Å². The summed E-state index contributed by atoms with van der Waals surface area (Å²) in [5, 5.41) is 12.5. The lowest BCUT2D eigenvalue weighted by Gasteiger charge is -2.30. The third kappa shape index (κ3) is 4.76. The number of aryl methyl sites for hydroxylation is 1. The van der Waals surface area contributed by atoms with Gasteiger partial charge in [-0.1, -0.05) is 19.8 Å². The Hall–Kier alpha value is -1.45. The van der Waals surface area contributed by atoms with Crippen LogP contribution in [0.25, 0.3) is 0 Å². The first-order valence-electron chi connectivity index (χ1n) is 9.41. The topological polar surface area (TPSA) is 33.4 Å². The van der Waals surface area contributed by atoms with Gasteiger partial charge >= 0.3 is 0 Å². The second kappa shape index (κ2) is 8.99. The maximum atomic E-state index is 12.5. The molecule has 0 amide bonds. The van der Waals surface area contributed by atoms with Gasteiger partial charge in [-0.25, -0.2) is 4.73 Å². The normalized spacial score (nSPS) is 15.0. The molecule has 1 aliphatic heterocycles. The summed E-state index contributed by atoms with van der Waals surface area (Å²) in [5.74, 6) is 0.824. The van der Waals surface area contributed by atoms with Crippen LogP contribution in [-0.2, 0) is 0 Å². The first kappa shape index (κ1) is 17.9. The Balaban J connectivity index is 2.15. The molecule has 4 nitrogen and oxygen atoms in total. The Labute approximate surface area is 141 Å². The molecule has 1 aromatic rings. The monoisotopic (exact) mass is 319 g/mol. The zero-order valence-corrected chi connectivity index (χ0v) is 15.2. The van der Waals surface area contributed by atoms with Crippen LogP contribution in [0.15, 0.2) is 12.1 Å². The van der Waals surface area contributed by atoms with Gasteiger partial charge in [-0.2, -0.15) is 0 Å². The molecule has 0 saturated carbocycles. The Morgan fingerprint density at radius 1 is 1.09 bits per heavy atom. The van der Waals surface area contributed by atoms with E-state index in [1.54, 1.807) is 0 Å². The van der Waals surface area contributed by atoms with Crippen LogP contribution in [0.1, 0.15) is 64.5 Å². The highest BCUT2D eigenvalue weighted by molar-refractivity contribution is 5.54. The van der Waals surface area contributed by atoms with E-state index in [2.05, 4.69) is 29.7 Å². The van der Waals surface area contributed by atoms with Crippen molar-refractivity contribution in [2.75, 3.05) is 36.0 Å². The number of pyridine rings is 1. The van der Waals surface area contributed by atoms with Gasteiger partial charge in [-0.15, -0.1) is 0 Å². The second-order valence-corrected chi connectivity index (χ2v) is 6.70. The van der Waals surface area contributed by atoms with Gasteiger partial charge in [0.1, 0.15) is 5.69 Å². The van der Waals surface area contributed by atoms with Crippen molar-refractivity contribution in [3.05, 3.63) is 23.0 Å². The van der Waals surface area contributed by atoms with Crippen LogP contribution in [0, 0.1) is 12.1 Å². The van der Waals surface area contributed by atoms with Gasteiger partial charge in [-0.3, -0.25) is 4.90 Å². The van der Waals surface area contributed by atoms with Crippen LogP contribution >= 0.6 is 0 Å². The third-order valence-electron chi connectivity index (χ3n) is 4.87. The van der Waals surface area contributed by atoms with Gasteiger partial charge in [-0.05, 0) is 46.0 Å². The van der Waals surface area contributed by atoms with Crippen molar-refractivity contribution < 1.29 is 4.73 Å². The lowest BCUT2D eigenvalue weighted by Crippen LogP contribution is -2.41. The van der Waals surface area contributed by atoms with Gasteiger partial charge in [0.25, 0.3) is 5.82 Å². The zero-order chi connectivity index (χ0) is 16.7. The first-order chi connectivity index (χ1) is 11.2. The number of nitrogens with zero attached hydrogens (tertiary/aromatic N) is 3. The van der Waals surface area contributed by atoms with Crippen LogP contribution in [0.4, 0.5) is 11.5 Å². The van der Waals surface area contributed by atoms with Crippen molar-refractivity contribution >= 4 is 11.5 Å². The average Bonchev–Trinajstić information content (AvgIpc) is 2.58. The van der Waals surface area contributed by atoms with Gasteiger partial charge < -0.3 is 10.1 Å². The zero-order valence-electron chi connectivity index (χ0n) is 15.2. The predicted octanol–water partition coefficient (Wildman–Crippen LogP) is 4.03. The van der Waals surface area contributed by atoms with Gasteiger partial charge in [0.2, 0.25) is 0 Å². The van der Waals surface area contributed by atoms with Crippen molar-refractivity contribution in [3.8, 4) is 0 Å². The largest absolute Gasteiger partial charge is 0.710 e. The number of hydrogen-bond donors (Lipinski definition) is 0. The van der Waals surface area contributed by atoms with Crippen molar-refractivity contribution in [1.29, 1.82) is 0 Å². The second-order valence-electron chi connectivity index (χ2n) is 6.70. The van der Waals surface area contributed by atoms with Crippen molar-refractivity contribution in [1.82, 2.24) is 0 Å². The van der Waals surface area contributed by atoms with E-state index in [1.807, 2.05) is 13.0 Å². The van der Waals surface area contributed by atoms with Crippen LogP contribution < -0.4 is 14.5 Å². The maximum Gasteiger partial charge on any atom is 0.281 e. The molecule has 1 saturated heterocycles. The average molecular weight is 319 g/mol. The molecule has 0 unspecified atom stereocenters. The summed E-state index contributed by atoms with van der Waals surface area (Å²) in [6.07, 6.45) is 8.78. The smallest absolute Gasteiger partial charge is 0.281 e. The fourth-order valence-electron chi connectivity index (χ4n) is 3.40. The Morgan fingerprint density at radius 2 is 1.83 bits per heavy atom. The molecule has 0 aliphatic carbocycles. The Kier molecular flexibility index (Phi) is 7.00. The Morgan fingerprint density at radius 3 is 2.48 bits per heavy atom. The summed E-state index contributed by atoms with van der Waals surface area (Å²) < 4.78 is 1.11. The summed E-state index contributed by atoms with van der Waals surface area (Å²) in [5.41, 5.74) is 2.02. The van der Waals surface area contributed by atoms with Crippen LogP contribution in [0.3, 0.4) is 0 Å². The van der Waals surface area contributed by atoms with E-state index in [0.29, 0.717) is 0 Å². The summed E-state index contributed by atoms with van der Waals surface area (Å²) in [6.45, 7) is 10.4. The lowest BCUT2D eigenvalue weighted by molar-refractivity contribution is -0.599. The molecule has 130 valence electrons. The number of anilines is 2. The molecule has 23 heavy (non-hydrogen) atoms. The van der Waals surface area contributed by atoms with E-state index in [0.717, 1.165) is 48.8 Å². The summed E-state index contributed by atoms with van der Waals surface area (Å²) in [6, 6.07) is 4.15. The van der Waals surface area contributed by atoms with E-state index in [4.69, 9.17) is 0 Å². The molecule has 0 atom stereocenters. The first-order valence-corrected chi connectivity index (χ1v) is 9.41. The molecule has 0 spiro atoms. The quantitative estimate of drug-likeness (QED) is 0.412. The highest BCUT2D eigenvalue weighted by atomic mass is 16.5. The van der Waals surface area contributed by atoms with Crippen LogP contribution in [0.5, 0.6) is 0 Å². The number of unbranched alkanes of at least 4 members (excludes halogenated alkanes) is 3.